The lowest BCUT2D eigenvalue weighted by Gasteiger charge is -2.20. The number of hydrogen-bond acceptors (Lipinski definition) is 7. The Morgan fingerprint density at radius 3 is 2.47 bits per heavy atom. The summed E-state index contributed by atoms with van der Waals surface area (Å²) in [5, 5.41) is 3.41. The van der Waals surface area contributed by atoms with Crippen LogP contribution < -0.4 is 10.2 Å². The number of para-hydroxylation sites is 2. The molecular weight excluding hydrogens is 410 g/mol. The van der Waals surface area contributed by atoms with Gasteiger partial charge in [-0.05, 0) is 37.1 Å². The number of pyridine rings is 1. The van der Waals surface area contributed by atoms with E-state index in [9.17, 15) is 14.4 Å². The predicted molar refractivity (Wildman–Crippen MR) is 120 cm³/mol. The lowest BCUT2D eigenvalue weighted by Crippen LogP contribution is -2.25. The molecule has 1 aromatic heterocycles. The molecule has 0 radical (unpaired) electrons. The topological polar surface area (TPSA) is 97.8 Å². The highest BCUT2D eigenvalue weighted by atomic mass is 16.5. The van der Waals surface area contributed by atoms with Crippen LogP contribution in [0.1, 0.15) is 33.6 Å². The van der Waals surface area contributed by atoms with Gasteiger partial charge in [0.15, 0.2) is 6.61 Å². The number of hydrogen-bond donors (Lipinski definition) is 1. The number of esters is 2. The second-order valence-corrected chi connectivity index (χ2v) is 7.41. The van der Waals surface area contributed by atoms with E-state index in [2.05, 4.69) is 15.2 Å². The van der Waals surface area contributed by atoms with E-state index in [1.165, 1.54) is 13.2 Å². The molecule has 0 bridgehead atoms. The number of nitrogens with one attached hydrogen (secondary N) is 1. The molecule has 0 unspecified atom stereocenters. The fourth-order valence-electron chi connectivity index (χ4n) is 3.70. The van der Waals surface area contributed by atoms with Crippen LogP contribution in [-0.4, -0.2) is 49.6 Å². The van der Waals surface area contributed by atoms with Crippen molar-refractivity contribution in [2.75, 3.05) is 37.0 Å². The van der Waals surface area contributed by atoms with Gasteiger partial charge in [-0.15, -0.1) is 0 Å². The first-order valence-electron chi connectivity index (χ1n) is 10.4. The first kappa shape index (κ1) is 21.3. The Kier molecular flexibility index (Phi) is 6.30. The molecule has 1 aliphatic heterocycles. The fourth-order valence-corrected chi connectivity index (χ4v) is 3.70. The van der Waals surface area contributed by atoms with E-state index < -0.39 is 24.5 Å². The van der Waals surface area contributed by atoms with Crippen LogP contribution in [0, 0.1) is 0 Å². The number of rotatable bonds is 6. The van der Waals surface area contributed by atoms with Crippen molar-refractivity contribution in [2.24, 2.45) is 0 Å². The zero-order valence-corrected chi connectivity index (χ0v) is 17.7. The molecule has 1 aliphatic rings. The maximum absolute atomic E-state index is 12.9. The van der Waals surface area contributed by atoms with Crippen LogP contribution >= 0.6 is 0 Å². The number of ether oxygens (including phenoxy) is 2. The monoisotopic (exact) mass is 433 g/mol. The molecule has 1 saturated heterocycles. The van der Waals surface area contributed by atoms with Crippen molar-refractivity contribution in [2.45, 2.75) is 12.8 Å². The predicted octanol–water partition coefficient (Wildman–Crippen LogP) is 3.42. The highest BCUT2D eigenvalue weighted by Gasteiger charge is 2.24. The number of carbonyl (C=O) groups is 3. The summed E-state index contributed by atoms with van der Waals surface area (Å²) in [6.07, 6.45) is 2.07. The van der Waals surface area contributed by atoms with Gasteiger partial charge in [0.25, 0.3) is 5.91 Å². The van der Waals surface area contributed by atoms with E-state index in [0.29, 0.717) is 11.4 Å². The Morgan fingerprint density at radius 1 is 0.969 bits per heavy atom. The van der Waals surface area contributed by atoms with Crippen molar-refractivity contribution in [3.05, 3.63) is 65.7 Å². The van der Waals surface area contributed by atoms with Crippen LogP contribution in [0.5, 0.6) is 0 Å². The minimum atomic E-state index is -0.624. The summed E-state index contributed by atoms with van der Waals surface area (Å²) < 4.78 is 10.0. The highest BCUT2D eigenvalue weighted by Crippen LogP contribution is 2.27. The van der Waals surface area contributed by atoms with Crippen molar-refractivity contribution in [3.8, 4) is 0 Å². The molecule has 3 aromatic rings. The van der Waals surface area contributed by atoms with Gasteiger partial charge >= 0.3 is 11.9 Å². The second kappa shape index (κ2) is 9.47. The van der Waals surface area contributed by atoms with Gasteiger partial charge in [0, 0.05) is 18.5 Å². The molecule has 0 atom stereocenters. The third-order valence-corrected chi connectivity index (χ3v) is 5.27. The van der Waals surface area contributed by atoms with Gasteiger partial charge < -0.3 is 19.7 Å². The van der Waals surface area contributed by atoms with Crippen LogP contribution in [-0.2, 0) is 14.3 Å². The van der Waals surface area contributed by atoms with Crippen molar-refractivity contribution >= 4 is 40.3 Å². The number of aromatic nitrogens is 1. The smallest absolute Gasteiger partial charge is 0.342 e. The number of benzene rings is 2. The van der Waals surface area contributed by atoms with Gasteiger partial charge in [0.05, 0.1) is 23.9 Å². The molecule has 0 aliphatic carbocycles. The van der Waals surface area contributed by atoms with Gasteiger partial charge in [-0.25, -0.2) is 14.6 Å². The normalized spacial score (nSPS) is 13.1. The minimum absolute atomic E-state index is 0.213. The molecule has 164 valence electrons. The SMILES string of the molecule is COC(=O)c1ccccc1NC(=O)COC(=O)c1cc2ccccc2nc1N1CCCC1. The van der Waals surface area contributed by atoms with E-state index >= 15 is 0 Å². The van der Waals surface area contributed by atoms with Crippen molar-refractivity contribution < 1.29 is 23.9 Å². The summed E-state index contributed by atoms with van der Waals surface area (Å²) in [4.78, 5) is 43.9. The number of anilines is 2. The number of amides is 1. The molecule has 4 rings (SSSR count). The zero-order chi connectivity index (χ0) is 22.5. The Bertz CT molecular complexity index is 1170. The van der Waals surface area contributed by atoms with Crippen molar-refractivity contribution in [1.29, 1.82) is 0 Å². The summed E-state index contributed by atoms with van der Waals surface area (Å²) >= 11 is 0. The second-order valence-electron chi connectivity index (χ2n) is 7.41. The number of nitrogens with zero attached hydrogens (tertiary/aromatic N) is 2. The highest BCUT2D eigenvalue weighted by molar-refractivity contribution is 6.03. The quantitative estimate of drug-likeness (QED) is 0.595. The average Bonchev–Trinajstić information content (AvgIpc) is 3.36. The lowest BCUT2D eigenvalue weighted by atomic mass is 10.1. The lowest BCUT2D eigenvalue weighted by molar-refractivity contribution is -0.119. The van der Waals surface area contributed by atoms with Crippen LogP contribution in [0.2, 0.25) is 0 Å². The maximum atomic E-state index is 12.9. The van der Waals surface area contributed by atoms with E-state index in [1.807, 2.05) is 24.3 Å². The molecule has 32 heavy (non-hydrogen) atoms. The number of carbonyl (C=O) groups excluding carboxylic acids is 3. The summed E-state index contributed by atoms with van der Waals surface area (Å²) in [5.74, 6) is -1.19. The molecule has 8 nitrogen and oxygen atoms in total. The molecule has 0 saturated carbocycles. The largest absolute Gasteiger partial charge is 0.465 e. The number of fused-ring (bicyclic) bond motifs is 1. The van der Waals surface area contributed by atoms with Crippen LogP contribution in [0.3, 0.4) is 0 Å². The summed E-state index contributed by atoms with van der Waals surface area (Å²) in [6, 6.07) is 15.8. The Labute approximate surface area is 185 Å². The zero-order valence-electron chi connectivity index (χ0n) is 17.7. The van der Waals surface area contributed by atoms with E-state index in [4.69, 9.17) is 9.47 Å². The first-order chi connectivity index (χ1) is 15.6. The Balaban J connectivity index is 1.50. The summed E-state index contributed by atoms with van der Waals surface area (Å²) in [5.41, 5.74) is 1.62. The summed E-state index contributed by atoms with van der Waals surface area (Å²) in [7, 11) is 1.26. The Hall–Kier alpha value is -3.94. The first-order valence-corrected chi connectivity index (χ1v) is 10.4. The molecule has 1 N–H and O–H groups in total. The molecule has 1 fully saturated rings. The van der Waals surface area contributed by atoms with Crippen molar-refractivity contribution in [1.82, 2.24) is 4.98 Å². The van der Waals surface area contributed by atoms with E-state index in [-0.39, 0.29) is 11.3 Å². The van der Waals surface area contributed by atoms with Gasteiger partial charge in [-0.2, -0.15) is 0 Å². The molecule has 1 amide bonds. The fraction of sp³-hybridized carbons (Fsp3) is 0.250. The van der Waals surface area contributed by atoms with Crippen LogP contribution in [0.4, 0.5) is 11.5 Å². The van der Waals surface area contributed by atoms with Gasteiger partial charge in [-0.3, -0.25) is 4.79 Å². The standard InChI is InChI=1S/C24H23N3O5/c1-31-23(29)17-9-3-5-11-20(17)25-21(28)15-32-24(30)18-14-16-8-2-4-10-19(16)26-22(18)27-12-6-7-13-27/h2-5,8-11,14H,6-7,12-13,15H2,1H3,(H,25,28). The van der Waals surface area contributed by atoms with Crippen LogP contribution in [0.15, 0.2) is 54.6 Å². The van der Waals surface area contributed by atoms with Gasteiger partial charge in [0.2, 0.25) is 0 Å². The molecular formula is C24H23N3O5. The third kappa shape index (κ3) is 4.54. The third-order valence-electron chi connectivity index (χ3n) is 5.27. The number of methoxy groups -OCH3 is 1. The molecule has 8 heteroatoms. The molecule has 2 aromatic carbocycles. The maximum Gasteiger partial charge on any atom is 0.342 e. The molecule has 0 spiro atoms. The van der Waals surface area contributed by atoms with E-state index in [1.54, 1.807) is 24.3 Å². The average molecular weight is 433 g/mol. The van der Waals surface area contributed by atoms with Gasteiger partial charge in [-0.1, -0.05) is 30.3 Å². The van der Waals surface area contributed by atoms with Gasteiger partial charge in [0.1, 0.15) is 11.4 Å². The molecule has 2 heterocycles. The van der Waals surface area contributed by atoms with E-state index in [0.717, 1.165) is 36.8 Å². The van der Waals surface area contributed by atoms with Crippen molar-refractivity contribution in [3.63, 3.8) is 0 Å². The minimum Gasteiger partial charge on any atom is -0.465 e. The summed E-state index contributed by atoms with van der Waals surface area (Å²) in [6.45, 7) is 1.13. The van der Waals surface area contributed by atoms with Crippen LogP contribution in [0.25, 0.3) is 10.9 Å². The Morgan fingerprint density at radius 2 is 1.69 bits per heavy atom.